The van der Waals surface area contributed by atoms with E-state index in [1.165, 1.54) is 6.92 Å². The second-order valence-electron chi connectivity index (χ2n) is 3.90. The highest BCUT2D eigenvalue weighted by Crippen LogP contribution is 2.13. The lowest BCUT2D eigenvalue weighted by molar-refractivity contribution is -0.125. The van der Waals surface area contributed by atoms with Gasteiger partial charge in [0.05, 0.1) is 0 Å². The van der Waals surface area contributed by atoms with Crippen molar-refractivity contribution < 1.29 is 9.59 Å². The zero-order chi connectivity index (χ0) is 11.3. The van der Waals surface area contributed by atoms with Crippen LogP contribution in [0.2, 0.25) is 0 Å². The third-order valence-electron chi connectivity index (χ3n) is 2.43. The summed E-state index contributed by atoms with van der Waals surface area (Å²) in [6.07, 6.45) is 1.01. The molecule has 0 N–H and O–H groups in total. The van der Waals surface area contributed by atoms with Gasteiger partial charge < -0.3 is 4.79 Å². The van der Waals surface area contributed by atoms with E-state index in [0.717, 1.165) is 5.56 Å². The van der Waals surface area contributed by atoms with E-state index >= 15 is 0 Å². The largest absolute Gasteiger partial charge is 0.300 e. The van der Waals surface area contributed by atoms with Crippen molar-refractivity contribution in [2.24, 2.45) is 5.92 Å². The highest BCUT2D eigenvalue weighted by Gasteiger charge is 2.16. The fraction of sp³-hybridized carbons (Fsp3) is 0.385. The molecule has 15 heavy (non-hydrogen) atoms. The zero-order valence-electron chi connectivity index (χ0n) is 9.19. The summed E-state index contributed by atoms with van der Waals surface area (Å²) in [5.74, 6) is 0.00471. The van der Waals surface area contributed by atoms with Crippen molar-refractivity contribution >= 4 is 11.6 Å². The Hall–Kier alpha value is -1.44. The van der Waals surface area contributed by atoms with E-state index in [9.17, 15) is 9.59 Å². The molecule has 2 heteroatoms. The van der Waals surface area contributed by atoms with Gasteiger partial charge in [-0.3, -0.25) is 4.79 Å². The summed E-state index contributed by atoms with van der Waals surface area (Å²) in [4.78, 5) is 22.3. The molecule has 1 rings (SSSR count). The molecule has 2 nitrogen and oxygen atoms in total. The minimum Gasteiger partial charge on any atom is -0.300 e. The summed E-state index contributed by atoms with van der Waals surface area (Å²) < 4.78 is 0. The summed E-state index contributed by atoms with van der Waals surface area (Å²) in [6.45, 7) is 3.08. The molecule has 0 amide bonds. The van der Waals surface area contributed by atoms with Crippen LogP contribution in [0.1, 0.15) is 25.8 Å². The van der Waals surface area contributed by atoms with Crippen LogP contribution in [0.15, 0.2) is 30.3 Å². The Labute approximate surface area is 90.3 Å². The normalized spacial score (nSPS) is 12.1. The maximum absolute atomic E-state index is 11.3. The second kappa shape index (κ2) is 5.44. The van der Waals surface area contributed by atoms with Gasteiger partial charge in [-0.15, -0.1) is 0 Å². The summed E-state index contributed by atoms with van der Waals surface area (Å²) in [6, 6.07) is 9.80. The number of rotatable bonds is 5. The quantitative estimate of drug-likeness (QED) is 0.738. The van der Waals surface area contributed by atoms with E-state index in [4.69, 9.17) is 0 Å². The fourth-order valence-electron chi connectivity index (χ4n) is 1.61. The van der Waals surface area contributed by atoms with Crippen molar-refractivity contribution in [1.29, 1.82) is 0 Å². The Bertz CT molecular complexity index is 341. The van der Waals surface area contributed by atoms with Gasteiger partial charge in [0.2, 0.25) is 0 Å². The first kappa shape index (κ1) is 11.6. The second-order valence-corrected chi connectivity index (χ2v) is 3.90. The van der Waals surface area contributed by atoms with Crippen molar-refractivity contribution in [3.63, 3.8) is 0 Å². The molecule has 1 aromatic rings. The first-order valence-corrected chi connectivity index (χ1v) is 5.13. The smallest absolute Gasteiger partial charge is 0.133 e. The molecule has 0 saturated heterocycles. The Kier molecular flexibility index (Phi) is 4.22. The standard InChI is InChI=1S/C13H16O2/c1-10(14)8-13(11(2)15)9-12-6-4-3-5-7-12/h3-7,13H,8-9H2,1-2H3. The van der Waals surface area contributed by atoms with E-state index in [-0.39, 0.29) is 17.5 Å². The number of carbonyl (C=O) groups is 2. The fourth-order valence-corrected chi connectivity index (χ4v) is 1.61. The van der Waals surface area contributed by atoms with Crippen molar-refractivity contribution in [2.45, 2.75) is 26.7 Å². The summed E-state index contributed by atoms with van der Waals surface area (Å²) >= 11 is 0. The highest BCUT2D eigenvalue weighted by molar-refractivity contribution is 5.85. The van der Waals surface area contributed by atoms with Gasteiger partial charge >= 0.3 is 0 Å². The molecule has 0 spiro atoms. The van der Waals surface area contributed by atoms with Gasteiger partial charge in [0.1, 0.15) is 11.6 Å². The number of ketones is 2. The molecular formula is C13H16O2. The average molecular weight is 204 g/mol. The highest BCUT2D eigenvalue weighted by atomic mass is 16.1. The van der Waals surface area contributed by atoms with Crippen LogP contribution in [0.4, 0.5) is 0 Å². The number of hydrogen-bond acceptors (Lipinski definition) is 2. The predicted molar refractivity (Wildman–Crippen MR) is 59.6 cm³/mol. The van der Waals surface area contributed by atoms with Crippen LogP contribution >= 0.6 is 0 Å². The minimum absolute atomic E-state index is 0.0751. The molecule has 0 radical (unpaired) electrons. The molecule has 0 aliphatic carbocycles. The first-order chi connectivity index (χ1) is 7.09. The third kappa shape index (κ3) is 4.07. The van der Waals surface area contributed by atoms with Gasteiger partial charge in [-0.1, -0.05) is 30.3 Å². The van der Waals surface area contributed by atoms with E-state index in [1.54, 1.807) is 6.92 Å². The maximum Gasteiger partial charge on any atom is 0.133 e. The SMILES string of the molecule is CC(=O)CC(Cc1ccccc1)C(C)=O. The van der Waals surface area contributed by atoms with Crippen LogP contribution in [0.25, 0.3) is 0 Å². The number of hydrogen-bond donors (Lipinski definition) is 0. The van der Waals surface area contributed by atoms with Crippen molar-refractivity contribution in [2.75, 3.05) is 0 Å². The summed E-state index contributed by atoms with van der Waals surface area (Å²) in [5.41, 5.74) is 1.11. The Morgan fingerprint density at radius 2 is 1.73 bits per heavy atom. The van der Waals surface area contributed by atoms with Gasteiger partial charge in [-0.25, -0.2) is 0 Å². The lowest BCUT2D eigenvalue weighted by atomic mass is 9.91. The Morgan fingerprint density at radius 1 is 1.13 bits per heavy atom. The molecule has 1 atom stereocenters. The molecule has 0 saturated carbocycles. The van der Waals surface area contributed by atoms with E-state index < -0.39 is 0 Å². The molecule has 0 aliphatic rings. The molecular weight excluding hydrogens is 188 g/mol. The van der Waals surface area contributed by atoms with Crippen LogP contribution in [-0.2, 0) is 16.0 Å². The first-order valence-electron chi connectivity index (χ1n) is 5.13. The van der Waals surface area contributed by atoms with Crippen molar-refractivity contribution in [1.82, 2.24) is 0 Å². The molecule has 1 unspecified atom stereocenters. The molecule has 0 fully saturated rings. The molecule has 0 aromatic heterocycles. The topological polar surface area (TPSA) is 34.1 Å². The molecule has 0 heterocycles. The van der Waals surface area contributed by atoms with Crippen LogP contribution in [-0.4, -0.2) is 11.6 Å². The number of carbonyl (C=O) groups excluding carboxylic acids is 2. The van der Waals surface area contributed by atoms with Crippen LogP contribution < -0.4 is 0 Å². The van der Waals surface area contributed by atoms with E-state index in [1.807, 2.05) is 30.3 Å². The Morgan fingerprint density at radius 3 is 2.20 bits per heavy atom. The monoisotopic (exact) mass is 204 g/mol. The average Bonchev–Trinajstić information content (AvgIpc) is 2.17. The predicted octanol–water partition coefficient (Wildman–Crippen LogP) is 2.41. The maximum atomic E-state index is 11.3. The third-order valence-corrected chi connectivity index (χ3v) is 2.43. The van der Waals surface area contributed by atoms with E-state index in [2.05, 4.69) is 0 Å². The zero-order valence-corrected chi connectivity index (χ0v) is 9.19. The Balaban J connectivity index is 2.67. The summed E-state index contributed by atoms with van der Waals surface area (Å²) in [7, 11) is 0. The van der Waals surface area contributed by atoms with Gasteiger partial charge in [0.25, 0.3) is 0 Å². The van der Waals surface area contributed by atoms with E-state index in [0.29, 0.717) is 12.8 Å². The lowest BCUT2D eigenvalue weighted by Gasteiger charge is -2.11. The van der Waals surface area contributed by atoms with Crippen LogP contribution in [0.5, 0.6) is 0 Å². The van der Waals surface area contributed by atoms with Crippen molar-refractivity contribution in [3.8, 4) is 0 Å². The number of Topliss-reactive ketones (excluding diaryl/α,β-unsaturated/α-hetero) is 2. The molecule has 0 bridgehead atoms. The van der Waals surface area contributed by atoms with Crippen LogP contribution in [0, 0.1) is 5.92 Å². The summed E-state index contributed by atoms with van der Waals surface area (Å²) in [5, 5.41) is 0. The van der Waals surface area contributed by atoms with Gasteiger partial charge in [-0.2, -0.15) is 0 Å². The van der Waals surface area contributed by atoms with Crippen LogP contribution in [0.3, 0.4) is 0 Å². The minimum atomic E-state index is -0.162. The van der Waals surface area contributed by atoms with Gasteiger partial charge in [-0.05, 0) is 25.8 Å². The molecule has 80 valence electrons. The van der Waals surface area contributed by atoms with Crippen molar-refractivity contribution in [3.05, 3.63) is 35.9 Å². The molecule has 1 aromatic carbocycles. The molecule has 0 aliphatic heterocycles. The van der Waals surface area contributed by atoms with Gasteiger partial charge in [0, 0.05) is 12.3 Å². The van der Waals surface area contributed by atoms with Gasteiger partial charge in [0.15, 0.2) is 0 Å². The number of benzene rings is 1. The lowest BCUT2D eigenvalue weighted by Crippen LogP contribution is -2.17.